The number of benzene rings is 2. The summed E-state index contributed by atoms with van der Waals surface area (Å²) in [6.07, 6.45) is 2.54. The van der Waals surface area contributed by atoms with E-state index < -0.39 is 0 Å². The van der Waals surface area contributed by atoms with E-state index >= 15 is 0 Å². The van der Waals surface area contributed by atoms with Crippen molar-refractivity contribution in [3.8, 4) is 5.75 Å². The number of hydrogen-bond donors (Lipinski definition) is 0. The Morgan fingerprint density at radius 3 is 2.68 bits per heavy atom. The molecule has 2 aromatic carbocycles. The molecule has 0 amide bonds. The fraction of sp³-hybridized carbons (Fsp3) is 0.273. The summed E-state index contributed by atoms with van der Waals surface area (Å²) in [7, 11) is 1.68. The Kier molecular flexibility index (Phi) is 6.09. The number of methoxy groups -OCH3 is 1. The average molecular weight is 394 g/mol. The highest BCUT2D eigenvalue weighted by atomic mass is 32.2. The van der Waals surface area contributed by atoms with E-state index in [-0.39, 0.29) is 0 Å². The highest BCUT2D eigenvalue weighted by molar-refractivity contribution is 7.99. The molecule has 0 bridgehead atoms. The van der Waals surface area contributed by atoms with Gasteiger partial charge in [0, 0.05) is 36.3 Å². The van der Waals surface area contributed by atoms with Crippen LogP contribution in [-0.2, 0) is 11.2 Å². The molecule has 1 aliphatic heterocycles. The molecule has 5 nitrogen and oxygen atoms in total. The first-order valence-electron chi connectivity index (χ1n) is 9.35. The second kappa shape index (κ2) is 9.08. The zero-order chi connectivity index (χ0) is 19.2. The molecule has 28 heavy (non-hydrogen) atoms. The summed E-state index contributed by atoms with van der Waals surface area (Å²) in [5, 5.41) is 0.934. The van der Waals surface area contributed by atoms with Crippen LogP contribution >= 0.6 is 11.8 Å². The van der Waals surface area contributed by atoms with Crippen molar-refractivity contribution in [2.75, 3.05) is 38.3 Å². The topological polar surface area (TPSA) is 47.5 Å². The Morgan fingerprint density at radius 2 is 1.89 bits per heavy atom. The molecular formula is C22H23N3O2S. The number of aromatic nitrogens is 2. The number of nitrogens with zero attached hydrogens (tertiary/aromatic N) is 3. The lowest BCUT2D eigenvalue weighted by Crippen LogP contribution is -2.36. The predicted molar refractivity (Wildman–Crippen MR) is 111 cm³/mol. The Bertz CT molecular complexity index is 912. The van der Waals surface area contributed by atoms with Gasteiger partial charge in [0.05, 0.1) is 20.3 Å². The van der Waals surface area contributed by atoms with E-state index in [9.17, 15) is 0 Å². The first-order chi connectivity index (χ1) is 13.8. The molecule has 1 saturated heterocycles. The minimum Gasteiger partial charge on any atom is -0.497 e. The summed E-state index contributed by atoms with van der Waals surface area (Å²) >= 11 is 1.61. The van der Waals surface area contributed by atoms with Gasteiger partial charge in [0.1, 0.15) is 16.6 Å². The third-order valence-corrected chi connectivity index (χ3v) is 5.54. The van der Waals surface area contributed by atoms with Crippen molar-refractivity contribution in [2.24, 2.45) is 0 Å². The summed E-state index contributed by atoms with van der Waals surface area (Å²) in [5.41, 5.74) is 2.45. The van der Waals surface area contributed by atoms with E-state index in [0.717, 1.165) is 54.2 Å². The Morgan fingerprint density at radius 1 is 1.07 bits per heavy atom. The summed E-state index contributed by atoms with van der Waals surface area (Å²) < 4.78 is 10.7. The van der Waals surface area contributed by atoms with Gasteiger partial charge in [0.15, 0.2) is 0 Å². The number of rotatable bonds is 6. The van der Waals surface area contributed by atoms with Crippen molar-refractivity contribution >= 4 is 17.4 Å². The molecular weight excluding hydrogens is 370 g/mol. The quantitative estimate of drug-likeness (QED) is 0.589. The van der Waals surface area contributed by atoms with Crippen LogP contribution in [-0.4, -0.2) is 43.4 Å². The average Bonchev–Trinajstić information content (AvgIpc) is 2.75. The summed E-state index contributed by atoms with van der Waals surface area (Å²) in [4.78, 5) is 12.6. The molecule has 0 unspecified atom stereocenters. The highest BCUT2D eigenvalue weighted by Gasteiger charge is 2.11. The Hall–Kier alpha value is -2.57. The maximum Gasteiger partial charge on any atom is 0.133 e. The van der Waals surface area contributed by atoms with E-state index in [0.29, 0.717) is 0 Å². The zero-order valence-corrected chi connectivity index (χ0v) is 16.7. The van der Waals surface area contributed by atoms with Crippen LogP contribution in [0.15, 0.2) is 70.7 Å². The molecule has 6 heteroatoms. The predicted octanol–water partition coefficient (Wildman–Crippen LogP) is 4.06. The van der Waals surface area contributed by atoms with Gasteiger partial charge in [-0.3, -0.25) is 0 Å². The molecule has 144 valence electrons. The van der Waals surface area contributed by atoms with Gasteiger partial charge in [-0.15, -0.1) is 0 Å². The van der Waals surface area contributed by atoms with Gasteiger partial charge in [-0.1, -0.05) is 30.0 Å². The smallest absolute Gasteiger partial charge is 0.133 e. The molecule has 0 spiro atoms. The van der Waals surface area contributed by atoms with E-state index in [1.165, 1.54) is 11.3 Å². The molecule has 0 saturated carbocycles. The third kappa shape index (κ3) is 4.82. The van der Waals surface area contributed by atoms with Crippen LogP contribution in [0.5, 0.6) is 5.75 Å². The number of morpholine rings is 1. The van der Waals surface area contributed by atoms with Crippen LogP contribution < -0.4 is 9.64 Å². The molecule has 1 aliphatic rings. The van der Waals surface area contributed by atoms with Crippen LogP contribution in [0.2, 0.25) is 0 Å². The molecule has 2 heterocycles. The van der Waals surface area contributed by atoms with Gasteiger partial charge >= 0.3 is 0 Å². The zero-order valence-electron chi connectivity index (χ0n) is 15.9. The van der Waals surface area contributed by atoms with Gasteiger partial charge in [-0.05, 0) is 42.0 Å². The highest BCUT2D eigenvalue weighted by Crippen LogP contribution is 2.28. The van der Waals surface area contributed by atoms with Crippen molar-refractivity contribution in [1.29, 1.82) is 0 Å². The van der Waals surface area contributed by atoms with Gasteiger partial charge in [0.25, 0.3) is 0 Å². The maximum absolute atomic E-state index is 5.42. The van der Waals surface area contributed by atoms with Gasteiger partial charge in [-0.25, -0.2) is 9.97 Å². The third-order valence-electron chi connectivity index (χ3n) is 4.62. The number of ether oxygens (including phenoxy) is 2. The lowest BCUT2D eigenvalue weighted by atomic mass is 10.1. The van der Waals surface area contributed by atoms with Crippen molar-refractivity contribution < 1.29 is 9.47 Å². The van der Waals surface area contributed by atoms with E-state index in [2.05, 4.69) is 40.2 Å². The fourth-order valence-corrected chi connectivity index (χ4v) is 3.98. The molecule has 3 aromatic rings. The lowest BCUT2D eigenvalue weighted by molar-refractivity contribution is 0.122. The molecule has 1 aromatic heterocycles. The minimum atomic E-state index is 0.718. The Balaban J connectivity index is 1.42. The number of hydrogen-bond acceptors (Lipinski definition) is 6. The molecule has 0 N–H and O–H groups in total. The summed E-state index contributed by atoms with van der Waals surface area (Å²) in [5.74, 6) is 1.67. The normalized spacial score (nSPS) is 14.1. The van der Waals surface area contributed by atoms with Gasteiger partial charge in [0.2, 0.25) is 0 Å². The monoisotopic (exact) mass is 393 g/mol. The molecule has 0 aliphatic carbocycles. The molecule has 0 radical (unpaired) electrons. The fourth-order valence-electron chi connectivity index (χ4n) is 3.14. The molecule has 0 atom stereocenters. The first kappa shape index (κ1) is 18.8. The van der Waals surface area contributed by atoms with Crippen LogP contribution in [0.3, 0.4) is 0 Å². The van der Waals surface area contributed by atoms with Gasteiger partial charge < -0.3 is 14.4 Å². The lowest BCUT2D eigenvalue weighted by Gasteiger charge is -2.28. The van der Waals surface area contributed by atoms with Crippen molar-refractivity contribution in [2.45, 2.75) is 16.3 Å². The van der Waals surface area contributed by atoms with Crippen molar-refractivity contribution in [3.63, 3.8) is 0 Å². The maximum atomic E-state index is 5.42. The summed E-state index contributed by atoms with van der Waals surface area (Å²) in [6, 6.07) is 18.6. The molecule has 1 fully saturated rings. The second-order valence-electron chi connectivity index (χ2n) is 6.53. The standard InChI is InChI=1S/C22H23N3O2S/c1-26-19-3-2-4-20(16-19)28-22-9-10-23-21(24-22)15-17-5-7-18(8-6-17)25-11-13-27-14-12-25/h2-10,16H,11-15H2,1H3. The van der Waals surface area contributed by atoms with Crippen LogP contribution in [0.25, 0.3) is 0 Å². The van der Waals surface area contributed by atoms with E-state index in [1.807, 2.05) is 30.5 Å². The van der Waals surface area contributed by atoms with Crippen molar-refractivity contribution in [3.05, 3.63) is 72.2 Å². The van der Waals surface area contributed by atoms with E-state index in [1.54, 1.807) is 18.9 Å². The van der Waals surface area contributed by atoms with Crippen LogP contribution in [0.4, 0.5) is 5.69 Å². The Labute approximate surface area is 169 Å². The van der Waals surface area contributed by atoms with Crippen molar-refractivity contribution in [1.82, 2.24) is 9.97 Å². The molecule has 4 rings (SSSR count). The minimum absolute atomic E-state index is 0.718. The summed E-state index contributed by atoms with van der Waals surface area (Å²) in [6.45, 7) is 3.50. The van der Waals surface area contributed by atoms with Crippen LogP contribution in [0.1, 0.15) is 11.4 Å². The second-order valence-corrected chi connectivity index (χ2v) is 7.63. The number of anilines is 1. The van der Waals surface area contributed by atoms with Crippen LogP contribution in [0, 0.1) is 0 Å². The first-order valence-corrected chi connectivity index (χ1v) is 10.2. The SMILES string of the molecule is COc1cccc(Sc2ccnc(Cc3ccc(N4CCOCC4)cc3)n2)c1. The van der Waals surface area contributed by atoms with E-state index in [4.69, 9.17) is 14.5 Å². The van der Waals surface area contributed by atoms with Gasteiger partial charge in [-0.2, -0.15) is 0 Å². The largest absolute Gasteiger partial charge is 0.497 e.